The van der Waals surface area contributed by atoms with Crippen LogP contribution in [0.2, 0.25) is 0 Å². The zero-order valence-corrected chi connectivity index (χ0v) is 13.0. The minimum Gasteiger partial charge on any atom is -0.207 e. The molecule has 0 radical (unpaired) electrons. The number of aryl methyl sites for hydroxylation is 1. The first kappa shape index (κ1) is 16.8. The molecule has 1 aromatic carbocycles. The molecule has 20 heavy (non-hydrogen) atoms. The third-order valence-electron chi connectivity index (χ3n) is 3.58. The van der Waals surface area contributed by atoms with Crippen LogP contribution in [0, 0.1) is 24.6 Å². The lowest BCUT2D eigenvalue weighted by Gasteiger charge is -1.99. The normalized spacial score (nSPS) is 10.2. The summed E-state index contributed by atoms with van der Waals surface area (Å²) in [6.45, 7) is 4.22. The molecule has 0 saturated carbocycles. The van der Waals surface area contributed by atoms with Gasteiger partial charge in [0.05, 0.1) is 0 Å². The lowest BCUT2D eigenvalue weighted by atomic mass is 10.1. The van der Waals surface area contributed by atoms with Crippen molar-refractivity contribution < 1.29 is 4.39 Å². The zero-order valence-electron chi connectivity index (χ0n) is 13.0. The zero-order chi connectivity index (χ0) is 14.6. The van der Waals surface area contributed by atoms with Gasteiger partial charge in [-0.05, 0) is 31.0 Å². The van der Waals surface area contributed by atoms with Gasteiger partial charge in [-0.1, -0.05) is 69.8 Å². The van der Waals surface area contributed by atoms with Gasteiger partial charge in [0.15, 0.2) is 0 Å². The van der Waals surface area contributed by atoms with Crippen molar-refractivity contribution in [2.24, 2.45) is 0 Å². The van der Waals surface area contributed by atoms with Gasteiger partial charge in [-0.25, -0.2) is 4.39 Å². The van der Waals surface area contributed by atoms with Crippen LogP contribution in [0.3, 0.4) is 0 Å². The minimum atomic E-state index is -0.202. The molecule has 0 unspecified atom stereocenters. The maximum atomic E-state index is 13.1. The maximum absolute atomic E-state index is 13.1. The molecule has 0 saturated heterocycles. The summed E-state index contributed by atoms with van der Waals surface area (Å²) in [5.41, 5.74) is 1.87. The van der Waals surface area contributed by atoms with Crippen molar-refractivity contribution >= 4 is 0 Å². The molecule has 1 aromatic rings. The number of benzene rings is 1. The van der Waals surface area contributed by atoms with E-state index in [0.717, 1.165) is 24.0 Å². The molecule has 0 spiro atoms. The summed E-state index contributed by atoms with van der Waals surface area (Å²) in [4.78, 5) is 0. The molecular formula is C19H27F. The molecule has 110 valence electrons. The van der Waals surface area contributed by atoms with Crippen LogP contribution in [0.5, 0.6) is 0 Å². The van der Waals surface area contributed by atoms with Gasteiger partial charge in [0, 0.05) is 12.0 Å². The second-order valence-corrected chi connectivity index (χ2v) is 5.49. The van der Waals surface area contributed by atoms with Crippen molar-refractivity contribution in [1.29, 1.82) is 0 Å². The van der Waals surface area contributed by atoms with E-state index in [9.17, 15) is 4.39 Å². The fraction of sp³-hybridized carbons (Fsp3) is 0.579. The smallest absolute Gasteiger partial charge is 0.124 e. The maximum Gasteiger partial charge on any atom is 0.124 e. The van der Waals surface area contributed by atoms with Crippen molar-refractivity contribution in [3.8, 4) is 11.8 Å². The Hall–Kier alpha value is -1.29. The van der Waals surface area contributed by atoms with Gasteiger partial charge in [-0.15, -0.1) is 0 Å². The highest BCUT2D eigenvalue weighted by atomic mass is 19.1. The highest BCUT2D eigenvalue weighted by Gasteiger charge is 1.96. The topological polar surface area (TPSA) is 0 Å². The molecule has 0 aliphatic carbocycles. The fourth-order valence-electron chi connectivity index (χ4n) is 2.23. The Kier molecular flexibility index (Phi) is 8.79. The lowest BCUT2D eigenvalue weighted by molar-refractivity contribution is 0.579. The standard InChI is InChI=1S/C19H27F/c1-3-4-5-6-7-8-9-10-11-12-13-18-16-19(20)15-14-17(18)2/h14-16H,3-11H2,1-2H3. The van der Waals surface area contributed by atoms with Gasteiger partial charge < -0.3 is 0 Å². The summed E-state index contributed by atoms with van der Waals surface area (Å²) in [6, 6.07) is 4.80. The van der Waals surface area contributed by atoms with Gasteiger partial charge in [-0.3, -0.25) is 0 Å². The van der Waals surface area contributed by atoms with Crippen molar-refractivity contribution in [1.82, 2.24) is 0 Å². The molecule has 0 bridgehead atoms. The quantitative estimate of drug-likeness (QED) is 0.402. The molecule has 0 fully saturated rings. The number of hydrogen-bond acceptors (Lipinski definition) is 0. The number of unbranched alkanes of at least 4 members (excludes halogenated alkanes) is 8. The molecule has 1 rings (SSSR count). The van der Waals surface area contributed by atoms with E-state index >= 15 is 0 Å². The highest BCUT2D eigenvalue weighted by Crippen LogP contribution is 2.10. The minimum absolute atomic E-state index is 0.202. The van der Waals surface area contributed by atoms with Crippen LogP contribution >= 0.6 is 0 Å². The molecule has 1 heteroatoms. The molecule has 0 N–H and O–H groups in total. The number of halogens is 1. The Morgan fingerprint density at radius 1 is 0.950 bits per heavy atom. The summed E-state index contributed by atoms with van der Waals surface area (Å²) in [5.74, 6) is 6.04. The SMILES string of the molecule is CCCCCCCCCCC#Cc1cc(F)ccc1C. The Morgan fingerprint density at radius 2 is 1.60 bits per heavy atom. The highest BCUT2D eigenvalue weighted by molar-refractivity contribution is 5.40. The van der Waals surface area contributed by atoms with E-state index in [1.54, 1.807) is 6.07 Å². The average Bonchev–Trinajstić information content (AvgIpc) is 2.44. The molecule has 0 atom stereocenters. The Labute approximate surface area is 123 Å². The monoisotopic (exact) mass is 274 g/mol. The summed E-state index contributed by atoms with van der Waals surface area (Å²) in [7, 11) is 0. The van der Waals surface area contributed by atoms with Crippen LogP contribution in [-0.2, 0) is 0 Å². The predicted octanol–water partition coefficient (Wildman–Crippen LogP) is 6.02. The van der Waals surface area contributed by atoms with Crippen molar-refractivity contribution in [2.45, 2.75) is 71.6 Å². The van der Waals surface area contributed by atoms with E-state index < -0.39 is 0 Å². The van der Waals surface area contributed by atoms with Crippen LogP contribution in [0.1, 0.15) is 75.8 Å². The van der Waals surface area contributed by atoms with Crippen LogP contribution in [0.15, 0.2) is 18.2 Å². The Morgan fingerprint density at radius 3 is 2.30 bits per heavy atom. The lowest BCUT2D eigenvalue weighted by Crippen LogP contribution is -1.84. The van der Waals surface area contributed by atoms with Crippen LogP contribution in [0.25, 0.3) is 0 Å². The third kappa shape index (κ3) is 7.34. The molecule has 0 aliphatic rings. The van der Waals surface area contributed by atoms with Gasteiger partial charge in [0.1, 0.15) is 5.82 Å². The van der Waals surface area contributed by atoms with E-state index in [1.807, 2.05) is 6.92 Å². The van der Waals surface area contributed by atoms with Crippen molar-refractivity contribution in [3.05, 3.63) is 35.1 Å². The molecule has 0 nitrogen and oxygen atoms in total. The Balaban J connectivity index is 2.12. The summed E-state index contributed by atoms with van der Waals surface area (Å²) >= 11 is 0. The third-order valence-corrected chi connectivity index (χ3v) is 3.58. The second kappa shape index (κ2) is 10.5. The molecule has 0 aliphatic heterocycles. The summed E-state index contributed by atoms with van der Waals surface area (Å²) < 4.78 is 13.1. The van der Waals surface area contributed by atoms with Crippen molar-refractivity contribution in [3.63, 3.8) is 0 Å². The van der Waals surface area contributed by atoms with E-state index in [0.29, 0.717) is 0 Å². The fourth-order valence-corrected chi connectivity index (χ4v) is 2.23. The molecular weight excluding hydrogens is 247 g/mol. The van der Waals surface area contributed by atoms with E-state index in [1.165, 1.54) is 57.1 Å². The average molecular weight is 274 g/mol. The molecule has 0 heterocycles. The predicted molar refractivity (Wildman–Crippen MR) is 85.2 cm³/mol. The first-order chi connectivity index (χ1) is 9.74. The number of hydrogen-bond donors (Lipinski definition) is 0. The van der Waals surface area contributed by atoms with Gasteiger partial charge in [-0.2, -0.15) is 0 Å². The van der Waals surface area contributed by atoms with Crippen LogP contribution in [0.4, 0.5) is 4.39 Å². The van der Waals surface area contributed by atoms with Gasteiger partial charge >= 0.3 is 0 Å². The molecule has 0 amide bonds. The Bertz CT molecular complexity index is 437. The van der Waals surface area contributed by atoms with E-state index in [2.05, 4.69) is 18.8 Å². The van der Waals surface area contributed by atoms with E-state index in [-0.39, 0.29) is 5.82 Å². The summed E-state index contributed by atoms with van der Waals surface area (Å²) in [5, 5.41) is 0. The van der Waals surface area contributed by atoms with Gasteiger partial charge in [0.2, 0.25) is 0 Å². The van der Waals surface area contributed by atoms with Crippen LogP contribution in [-0.4, -0.2) is 0 Å². The molecule has 0 aromatic heterocycles. The van der Waals surface area contributed by atoms with E-state index in [4.69, 9.17) is 0 Å². The first-order valence-corrected chi connectivity index (χ1v) is 7.99. The second-order valence-electron chi connectivity index (χ2n) is 5.49. The van der Waals surface area contributed by atoms with Crippen molar-refractivity contribution in [2.75, 3.05) is 0 Å². The van der Waals surface area contributed by atoms with Gasteiger partial charge in [0.25, 0.3) is 0 Å². The summed E-state index contributed by atoms with van der Waals surface area (Å²) in [6.07, 6.45) is 11.5. The first-order valence-electron chi connectivity index (χ1n) is 7.99. The largest absolute Gasteiger partial charge is 0.207 e. The number of rotatable bonds is 8. The van der Waals surface area contributed by atoms with Crippen LogP contribution < -0.4 is 0 Å².